The van der Waals surface area contributed by atoms with Gasteiger partial charge in [-0.05, 0) is 19.3 Å². The second-order valence-electron chi connectivity index (χ2n) is 5.60. The summed E-state index contributed by atoms with van der Waals surface area (Å²) in [7, 11) is -1.14. The van der Waals surface area contributed by atoms with Crippen LogP contribution in [0, 0.1) is 0 Å². The van der Waals surface area contributed by atoms with E-state index in [0.29, 0.717) is 11.6 Å². The summed E-state index contributed by atoms with van der Waals surface area (Å²) in [5.74, 6) is 0.598. The highest BCUT2D eigenvalue weighted by Crippen LogP contribution is 2.33. The maximum atomic E-state index is 12.5. The quantitative estimate of drug-likeness (QED) is 0.711. The van der Waals surface area contributed by atoms with E-state index >= 15 is 0 Å². The lowest BCUT2D eigenvalue weighted by Gasteiger charge is -2.28. The fourth-order valence-corrected chi connectivity index (χ4v) is 5.13. The Hall–Kier alpha value is -1.09. The van der Waals surface area contributed by atoms with Crippen LogP contribution >= 0.6 is 11.8 Å². The van der Waals surface area contributed by atoms with Gasteiger partial charge in [-0.25, -0.2) is 8.42 Å². The summed E-state index contributed by atoms with van der Waals surface area (Å²) in [4.78, 5) is 14.3. The number of amides is 1. The van der Waals surface area contributed by atoms with Gasteiger partial charge < -0.3 is 9.47 Å². The van der Waals surface area contributed by atoms with Crippen LogP contribution in [0.25, 0.3) is 0 Å². The summed E-state index contributed by atoms with van der Waals surface area (Å²) in [6.07, 6.45) is 4.13. The van der Waals surface area contributed by atoms with Crippen molar-refractivity contribution >= 4 is 27.5 Å². The van der Waals surface area contributed by atoms with Crippen molar-refractivity contribution in [1.82, 2.24) is 19.7 Å². The van der Waals surface area contributed by atoms with Gasteiger partial charge >= 0.3 is 0 Å². The van der Waals surface area contributed by atoms with Crippen molar-refractivity contribution in [3.8, 4) is 0 Å². The van der Waals surface area contributed by atoms with E-state index in [1.54, 1.807) is 10.9 Å². The Labute approximate surface area is 128 Å². The molecule has 21 heavy (non-hydrogen) atoms. The largest absolute Gasteiger partial charge is 0.335 e. The number of rotatable bonds is 5. The smallest absolute Gasteiger partial charge is 0.233 e. The van der Waals surface area contributed by atoms with E-state index in [2.05, 4.69) is 10.2 Å². The van der Waals surface area contributed by atoms with E-state index in [-0.39, 0.29) is 35.2 Å². The average molecular weight is 330 g/mol. The summed E-state index contributed by atoms with van der Waals surface area (Å²) < 4.78 is 25.0. The predicted octanol–water partition coefficient (Wildman–Crippen LogP) is 0.0853. The van der Waals surface area contributed by atoms with Gasteiger partial charge in [-0.3, -0.25) is 4.79 Å². The Kier molecular flexibility index (Phi) is 3.96. The van der Waals surface area contributed by atoms with E-state index in [4.69, 9.17) is 0 Å². The van der Waals surface area contributed by atoms with E-state index in [1.807, 2.05) is 11.9 Å². The summed E-state index contributed by atoms with van der Waals surface area (Å²) >= 11 is 1.34. The molecule has 1 aliphatic heterocycles. The molecule has 2 heterocycles. The SMILES string of the molecule is Cn1cnnc1SCC(=O)N(C1CC1)[C@H]1CCS(=O)(=O)C1. The minimum absolute atomic E-state index is 0.00704. The highest BCUT2D eigenvalue weighted by Gasteiger charge is 2.41. The van der Waals surface area contributed by atoms with Gasteiger partial charge in [-0.2, -0.15) is 0 Å². The molecule has 1 aliphatic carbocycles. The summed E-state index contributed by atoms with van der Waals surface area (Å²) in [5, 5.41) is 8.41. The van der Waals surface area contributed by atoms with E-state index in [9.17, 15) is 13.2 Å². The normalized spacial score (nSPS) is 24.1. The molecular weight excluding hydrogens is 312 g/mol. The van der Waals surface area contributed by atoms with Crippen LogP contribution in [0.2, 0.25) is 0 Å². The summed E-state index contributed by atoms with van der Waals surface area (Å²) in [5.41, 5.74) is 0. The van der Waals surface area contributed by atoms with Gasteiger partial charge in [0.1, 0.15) is 6.33 Å². The van der Waals surface area contributed by atoms with Crippen LogP contribution in [-0.4, -0.2) is 63.3 Å². The van der Waals surface area contributed by atoms with Gasteiger partial charge in [0, 0.05) is 19.1 Å². The van der Waals surface area contributed by atoms with Gasteiger partial charge in [0.05, 0.1) is 17.3 Å². The van der Waals surface area contributed by atoms with Gasteiger partial charge in [-0.15, -0.1) is 10.2 Å². The third-order valence-corrected chi connectivity index (χ3v) is 6.59. The van der Waals surface area contributed by atoms with Crippen molar-refractivity contribution < 1.29 is 13.2 Å². The van der Waals surface area contributed by atoms with Crippen LogP contribution in [0.3, 0.4) is 0 Å². The fraction of sp³-hybridized carbons (Fsp3) is 0.750. The number of sulfone groups is 1. The molecular formula is C12H18N4O3S2. The number of hydrogen-bond acceptors (Lipinski definition) is 6. The molecule has 0 bridgehead atoms. The summed E-state index contributed by atoms with van der Waals surface area (Å²) in [6.45, 7) is 0. The first-order valence-electron chi connectivity index (χ1n) is 6.94. The molecule has 7 nitrogen and oxygen atoms in total. The number of thioether (sulfide) groups is 1. The number of aryl methyl sites for hydroxylation is 1. The zero-order chi connectivity index (χ0) is 15.0. The molecule has 0 spiro atoms. The van der Waals surface area contributed by atoms with Crippen molar-refractivity contribution in [3.63, 3.8) is 0 Å². The highest BCUT2D eigenvalue weighted by molar-refractivity contribution is 7.99. The van der Waals surface area contributed by atoms with Gasteiger partial charge in [0.15, 0.2) is 15.0 Å². The summed E-state index contributed by atoms with van der Waals surface area (Å²) in [6, 6.07) is 0.0889. The van der Waals surface area contributed by atoms with Crippen molar-refractivity contribution in [2.75, 3.05) is 17.3 Å². The Bertz CT molecular complexity index is 639. The molecule has 116 valence electrons. The number of carbonyl (C=O) groups excluding carboxylic acids is 1. The molecule has 3 rings (SSSR count). The van der Waals surface area contributed by atoms with Crippen LogP contribution in [-0.2, 0) is 21.7 Å². The highest BCUT2D eigenvalue weighted by atomic mass is 32.2. The molecule has 1 saturated carbocycles. The van der Waals surface area contributed by atoms with Crippen LogP contribution in [0.15, 0.2) is 11.5 Å². The molecule has 0 aromatic carbocycles. The first-order chi connectivity index (χ1) is 9.96. The van der Waals surface area contributed by atoms with Crippen molar-refractivity contribution in [2.45, 2.75) is 36.5 Å². The maximum Gasteiger partial charge on any atom is 0.233 e. The number of carbonyl (C=O) groups is 1. The van der Waals surface area contributed by atoms with E-state index in [1.165, 1.54) is 11.8 Å². The lowest BCUT2D eigenvalue weighted by Crippen LogP contribution is -2.43. The van der Waals surface area contributed by atoms with Gasteiger partial charge in [0.2, 0.25) is 5.91 Å². The third kappa shape index (κ3) is 3.39. The van der Waals surface area contributed by atoms with E-state index < -0.39 is 9.84 Å². The van der Waals surface area contributed by atoms with Gasteiger partial charge in [0.25, 0.3) is 0 Å². The molecule has 1 aromatic rings. The van der Waals surface area contributed by atoms with Crippen LogP contribution in [0.4, 0.5) is 0 Å². The first kappa shape index (κ1) is 14.8. The third-order valence-electron chi connectivity index (χ3n) is 3.82. The molecule has 0 radical (unpaired) electrons. The second kappa shape index (κ2) is 5.60. The zero-order valence-corrected chi connectivity index (χ0v) is 13.4. The Morgan fingerprint density at radius 1 is 1.43 bits per heavy atom. The Balaban J connectivity index is 1.64. The molecule has 1 aromatic heterocycles. The molecule has 0 unspecified atom stereocenters. The molecule has 1 atom stereocenters. The Morgan fingerprint density at radius 3 is 2.71 bits per heavy atom. The molecule has 2 aliphatic rings. The van der Waals surface area contributed by atoms with Gasteiger partial charge in [-0.1, -0.05) is 11.8 Å². The lowest BCUT2D eigenvalue weighted by atomic mass is 10.2. The average Bonchev–Trinajstić information content (AvgIpc) is 3.06. The standard InChI is InChI=1S/C12H18N4O3S2/c1-15-8-13-14-12(15)20-6-11(17)16(9-2-3-9)10-4-5-21(18,19)7-10/h8-10H,2-7H2,1H3/t10-/m0/s1. The van der Waals surface area contributed by atoms with Crippen molar-refractivity contribution in [3.05, 3.63) is 6.33 Å². The fourth-order valence-electron chi connectivity index (χ4n) is 2.66. The molecule has 1 amide bonds. The minimum Gasteiger partial charge on any atom is -0.335 e. The molecule has 0 N–H and O–H groups in total. The van der Waals surface area contributed by atoms with E-state index in [0.717, 1.165) is 12.8 Å². The van der Waals surface area contributed by atoms with Crippen LogP contribution in [0.1, 0.15) is 19.3 Å². The molecule has 9 heteroatoms. The zero-order valence-electron chi connectivity index (χ0n) is 11.8. The molecule has 1 saturated heterocycles. The molecule has 2 fully saturated rings. The van der Waals surface area contributed by atoms with Crippen LogP contribution < -0.4 is 0 Å². The topological polar surface area (TPSA) is 85.2 Å². The van der Waals surface area contributed by atoms with Crippen molar-refractivity contribution in [1.29, 1.82) is 0 Å². The monoisotopic (exact) mass is 330 g/mol. The maximum absolute atomic E-state index is 12.5. The minimum atomic E-state index is -2.97. The van der Waals surface area contributed by atoms with Crippen LogP contribution in [0.5, 0.6) is 0 Å². The number of aromatic nitrogens is 3. The Morgan fingerprint density at radius 2 is 2.19 bits per heavy atom. The number of hydrogen-bond donors (Lipinski definition) is 0. The first-order valence-corrected chi connectivity index (χ1v) is 9.75. The predicted molar refractivity (Wildman–Crippen MR) is 78.7 cm³/mol. The van der Waals surface area contributed by atoms with Crippen molar-refractivity contribution in [2.24, 2.45) is 7.05 Å². The second-order valence-corrected chi connectivity index (χ2v) is 8.77. The lowest BCUT2D eigenvalue weighted by molar-refractivity contribution is -0.130. The number of nitrogens with zero attached hydrogens (tertiary/aromatic N) is 4.